The van der Waals surface area contributed by atoms with Crippen molar-refractivity contribution in [1.82, 2.24) is 0 Å². The molecule has 1 nitrogen and oxygen atoms in total. The lowest BCUT2D eigenvalue weighted by Gasteiger charge is -2.19. The molecule has 1 aliphatic rings. The van der Waals surface area contributed by atoms with E-state index >= 15 is 0 Å². The lowest BCUT2D eigenvalue weighted by atomic mass is 9.90. The van der Waals surface area contributed by atoms with Gasteiger partial charge < -0.3 is 5.73 Å². The highest BCUT2D eigenvalue weighted by atomic mass is 14.7. The van der Waals surface area contributed by atoms with E-state index < -0.39 is 0 Å². The van der Waals surface area contributed by atoms with E-state index in [1.165, 1.54) is 18.4 Å². The lowest BCUT2D eigenvalue weighted by molar-refractivity contribution is 0.557. The van der Waals surface area contributed by atoms with E-state index in [9.17, 15) is 0 Å². The van der Waals surface area contributed by atoms with Gasteiger partial charge in [-0.25, -0.2) is 0 Å². The maximum Gasteiger partial charge on any atom is 0.0108 e. The van der Waals surface area contributed by atoms with E-state index in [4.69, 9.17) is 5.73 Å². The molecule has 1 saturated carbocycles. The van der Waals surface area contributed by atoms with Gasteiger partial charge in [0.05, 0.1) is 0 Å². The predicted molar refractivity (Wildman–Crippen MR) is 51.0 cm³/mol. The Morgan fingerprint density at radius 3 is 2.25 bits per heavy atom. The van der Waals surface area contributed by atoms with Gasteiger partial charge in [-0.05, 0) is 25.3 Å². The molecule has 0 bridgehead atoms. The minimum Gasteiger partial charge on any atom is -0.327 e. The zero-order chi connectivity index (χ0) is 8.60. The first-order valence-corrected chi connectivity index (χ1v) is 4.57. The van der Waals surface area contributed by atoms with Crippen LogP contribution in [0.5, 0.6) is 0 Å². The third-order valence-electron chi connectivity index (χ3n) is 3.01. The van der Waals surface area contributed by atoms with Crippen molar-refractivity contribution in [1.29, 1.82) is 0 Å². The van der Waals surface area contributed by atoms with Gasteiger partial charge in [-0.3, -0.25) is 0 Å². The Hall–Kier alpha value is -0.820. The largest absolute Gasteiger partial charge is 0.327 e. The van der Waals surface area contributed by atoms with Crippen LogP contribution in [0.4, 0.5) is 0 Å². The molecule has 1 heteroatoms. The van der Waals surface area contributed by atoms with Crippen LogP contribution < -0.4 is 5.73 Å². The Labute approximate surface area is 73.6 Å². The molecule has 0 unspecified atom stereocenters. The third kappa shape index (κ3) is 1.05. The average molecular weight is 161 g/mol. The monoisotopic (exact) mass is 161 g/mol. The second kappa shape index (κ2) is 2.60. The second-order valence-corrected chi connectivity index (χ2v) is 3.81. The Balaban J connectivity index is 2.31. The molecule has 1 aromatic carbocycles. The van der Waals surface area contributed by atoms with Crippen LogP contribution in [0.25, 0.3) is 0 Å². The summed E-state index contributed by atoms with van der Waals surface area (Å²) in [5.41, 5.74) is 7.70. The minimum atomic E-state index is 0.292. The van der Waals surface area contributed by atoms with E-state index in [0.717, 1.165) is 0 Å². The molecule has 1 aromatic rings. The molecule has 0 aromatic heterocycles. The van der Waals surface area contributed by atoms with Crippen molar-refractivity contribution >= 4 is 0 Å². The van der Waals surface area contributed by atoms with Gasteiger partial charge in [-0.15, -0.1) is 0 Å². The van der Waals surface area contributed by atoms with E-state index in [-0.39, 0.29) is 0 Å². The van der Waals surface area contributed by atoms with Crippen LogP contribution in [0, 0.1) is 0 Å². The summed E-state index contributed by atoms with van der Waals surface area (Å²) in [5.74, 6) is 0. The topological polar surface area (TPSA) is 26.0 Å². The Morgan fingerprint density at radius 2 is 1.83 bits per heavy atom. The molecule has 0 spiro atoms. The van der Waals surface area contributed by atoms with E-state index in [1.807, 2.05) is 0 Å². The van der Waals surface area contributed by atoms with Gasteiger partial charge in [0.1, 0.15) is 0 Å². The molecule has 1 aliphatic carbocycles. The van der Waals surface area contributed by atoms with Crippen molar-refractivity contribution in [3.63, 3.8) is 0 Å². The first kappa shape index (κ1) is 7.81. The van der Waals surface area contributed by atoms with Crippen LogP contribution >= 0.6 is 0 Å². The van der Waals surface area contributed by atoms with Crippen LogP contribution in [-0.2, 0) is 5.41 Å². The molecule has 1 atom stereocenters. The fourth-order valence-corrected chi connectivity index (χ4v) is 1.91. The smallest absolute Gasteiger partial charge is 0.0108 e. The first-order chi connectivity index (χ1) is 5.76. The fourth-order valence-electron chi connectivity index (χ4n) is 1.91. The van der Waals surface area contributed by atoms with Crippen molar-refractivity contribution in [2.45, 2.75) is 31.2 Å². The summed E-state index contributed by atoms with van der Waals surface area (Å²) in [6.45, 7) is 2.11. The molecule has 12 heavy (non-hydrogen) atoms. The molecular weight excluding hydrogens is 146 g/mol. The van der Waals surface area contributed by atoms with Crippen LogP contribution in [0.15, 0.2) is 30.3 Å². The Morgan fingerprint density at radius 1 is 1.25 bits per heavy atom. The van der Waals surface area contributed by atoms with Gasteiger partial charge >= 0.3 is 0 Å². The number of rotatable bonds is 2. The van der Waals surface area contributed by atoms with Crippen molar-refractivity contribution in [3.8, 4) is 0 Å². The summed E-state index contributed by atoms with van der Waals surface area (Å²) in [5, 5.41) is 0. The number of hydrogen-bond acceptors (Lipinski definition) is 1. The molecule has 2 N–H and O–H groups in total. The zero-order valence-corrected chi connectivity index (χ0v) is 7.46. The quantitative estimate of drug-likeness (QED) is 0.706. The first-order valence-electron chi connectivity index (χ1n) is 4.57. The highest BCUT2D eigenvalue weighted by molar-refractivity contribution is 5.33. The summed E-state index contributed by atoms with van der Waals surface area (Å²) in [7, 11) is 0. The van der Waals surface area contributed by atoms with Crippen molar-refractivity contribution in [2.24, 2.45) is 5.73 Å². The summed E-state index contributed by atoms with van der Waals surface area (Å²) in [6.07, 6.45) is 2.52. The van der Waals surface area contributed by atoms with Crippen molar-refractivity contribution < 1.29 is 0 Å². The standard InChI is InChI=1S/C11H15N/c1-9(12)11(7-8-11)10-5-3-2-4-6-10/h2-6,9H,7-8,12H2,1H3/t9-/m1/s1. The van der Waals surface area contributed by atoms with Gasteiger partial charge in [0, 0.05) is 11.5 Å². The van der Waals surface area contributed by atoms with Crippen molar-refractivity contribution in [2.75, 3.05) is 0 Å². The van der Waals surface area contributed by atoms with Crippen molar-refractivity contribution in [3.05, 3.63) is 35.9 Å². The fraction of sp³-hybridized carbons (Fsp3) is 0.455. The lowest BCUT2D eigenvalue weighted by Crippen LogP contribution is -2.31. The molecule has 2 rings (SSSR count). The highest BCUT2D eigenvalue weighted by Crippen LogP contribution is 2.49. The molecule has 1 fully saturated rings. The van der Waals surface area contributed by atoms with Gasteiger partial charge in [0.25, 0.3) is 0 Å². The van der Waals surface area contributed by atoms with Gasteiger partial charge in [-0.1, -0.05) is 30.3 Å². The summed E-state index contributed by atoms with van der Waals surface area (Å²) in [4.78, 5) is 0. The van der Waals surface area contributed by atoms with Crippen LogP contribution in [0.1, 0.15) is 25.3 Å². The number of benzene rings is 1. The van der Waals surface area contributed by atoms with E-state index in [0.29, 0.717) is 11.5 Å². The Kier molecular flexibility index (Phi) is 1.69. The highest BCUT2D eigenvalue weighted by Gasteiger charge is 2.47. The molecular formula is C11H15N. The number of hydrogen-bond donors (Lipinski definition) is 1. The maximum atomic E-state index is 5.96. The summed E-state index contributed by atoms with van der Waals surface area (Å²) < 4.78 is 0. The molecule has 0 heterocycles. The predicted octanol–water partition coefficient (Wildman–Crippen LogP) is 2.07. The number of nitrogens with two attached hydrogens (primary N) is 1. The van der Waals surface area contributed by atoms with Crippen LogP contribution in [-0.4, -0.2) is 6.04 Å². The minimum absolute atomic E-state index is 0.292. The van der Waals surface area contributed by atoms with Gasteiger partial charge in [0.2, 0.25) is 0 Å². The van der Waals surface area contributed by atoms with Crippen LogP contribution in [0.3, 0.4) is 0 Å². The molecule has 0 aliphatic heterocycles. The normalized spacial score (nSPS) is 21.8. The van der Waals surface area contributed by atoms with Gasteiger partial charge in [-0.2, -0.15) is 0 Å². The maximum absolute atomic E-state index is 5.96. The summed E-state index contributed by atoms with van der Waals surface area (Å²) >= 11 is 0. The van der Waals surface area contributed by atoms with E-state index in [2.05, 4.69) is 37.3 Å². The molecule has 0 radical (unpaired) electrons. The van der Waals surface area contributed by atoms with Gasteiger partial charge in [0.15, 0.2) is 0 Å². The average Bonchev–Trinajstić information content (AvgIpc) is 2.86. The Bertz CT molecular complexity index is 260. The third-order valence-corrected chi connectivity index (χ3v) is 3.01. The molecule has 64 valence electrons. The SMILES string of the molecule is C[C@@H](N)C1(c2ccccc2)CC1. The molecule has 0 amide bonds. The van der Waals surface area contributed by atoms with E-state index in [1.54, 1.807) is 0 Å². The molecule has 0 saturated heterocycles. The van der Waals surface area contributed by atoms with Crippen LogP contribution in [0.2, 0.25) is 0 Å². The summed E-state index contributed by atoms with van der Waals surface area (Å²) in [6, 6.07) is 10.9. The second-order valence-electron chi connectivity index (χ2n) is 3.81. The zero-order valence-electron chi connectivity index (χ0n) is 7.46.